The molecule has 0 aliphatic carbocycles. The lowest BCUT2D eigenvalue weighted by Crippen LogP contribution is -2.62. The van der Waals surface area contributed by atoms with Gasteiger partial charge < -0.3 is 15.4 Å². The van der Waals surface area contributed by atoms with E-state index in [2.05, 4.69) is 70.8 Å². The molecule has 1 atom stereocenters. The minimum absolute atomic E-state index is 0.152. The predicted molar refractivity (Wildman–Crippen MR) is 89.9 cm³/mol. The van der Waals surface area contributed by atoms with Gasteiger partial charge in [0.25, 0.3) is 0 Å². The first-order valence-electron chi connectivity index (χ1n) is 7.90. The Morgan fingerprint density at radius 3 is 2.10 bits per heavy atom. The molecule has 0 bridgehead atoms. The van der Waals surface area contributed by atoms with Crippen molar-refractivity contribution >= 4 is 5.69 Å². The summed E-state index contributed by atoms with van der Waals surface area (Å²) < 4.78 is 6.31. The number of rotatable bonds is 4. The van der Waals surface area contributed by atoms with E-state index in [0.29, 0.717) is 6.54 Å². The molecule has 0 aromatic heterocycles. The van der Waals surface area contributed by atoms with Crippen molar-refractivity contribution in [1.82, 2.24) is 0 Å². The van der Waals surface area contributed by atoms with Crippen molar-refractivity contribution in [1.29, 1.82) is 0 Å². The van der Waals surface area contributed by atoms with E-state index >= 15 is 0 Å². The molecule has 1 aromatic carbocycles. The summed E-state index contributed by atoms with van der Waals surface area (Å²) in [5, 5.41) is 0. The van der Waals surface area contributed by atoms with Crippen LogP contribution in [-0.2, 0) is 11.2 Å². The fourth-order valence-electron chi connectivity index (χ4n) is 3.92. The summed E-state index contributed by atoms with van der Waals surface area (Å²) in [7, 11) is 2.14. The second-order valence-electron chi connectivity index (χ2n) is 7.36. The smallest absolute Gasteiger partial charge is 0.0877 e. The van der Waals surface area contributed by atoms with Gasteiger partial charge >= 0.3 is 0 Å². The van der Waals surface area contributed by atoms with Gasteiger partial charge in [-0.15, -0.1) is 0 Å². The number of ether oxygens (including phenoxy) is 1. The molecule has 1 unspecified atom stereocenters. The van der Waals surface area contributed by atoms with Crippen molar-refractivity contribution in [3.05, 3.63) is 29.8 Å². The van der Waals surface area contributed by atoms with E-state index in [1.165, 1.54) is 11.3 Å². The Labute approximate surface area is 129 Å². The van der Waals surface area contributed by atoms with Gasteiger partial charge in [-0.1, -0.05) is 19.1 Å². The van der Waals surface area contributed by atoms with Crippen LogP contribution in [-0.4, -0.2) is 30.3 Å². The molecule has 1 aliphatic heterocycles. The highest BCUT2D eigenvalue weighted by atomic mass is 16.5. The number of benzene rings is 1. The minimum atomic E-state index is -0.288. The van der Waals surface area contributed by atoms with Crippen LogP contribution in [0.1, 0.15) is 46.6 Å². The highest BCUT2D eigenvalue weighted by Gasteiger charge is 2.58. The summed E-state index contributed by atoms with van der Waals surface area (Å²) in [5.74, 6) is 0. The number of hydrogen-bond acceptors (Lipinski definition) is 3. The van der Waals surface area contributed by atoms with Crippen molar-refractivity contribution in [2.75, 3.05) is 18.5 Å². The lowest BCUT2D eigenvalue weighted by molar-refractivity contribution is -0.0779. The summed E-state index contributed by atoms with van der Waals surface area (Å²) in [5.41, 5.74) is 8.17. The molecule has 21 heavy (non-hydrogen) atoms. The van der Waals surface area contributed by atoms with Crippen LogP contribution in [0.5, 0.6) is 0 Å². The van der Waals surface area contributed by atoms with Gasteiger partial charge in [0.1, 0.15) is 0 Å². The monoisotopic (exact) mass is 290 g/mol. The van der Waals surface area contributed by atoms with Crippen molar-refractivity contribution in [2.24, 2.45) is 5.73 Å². The summed E-state index contributed by atoms with van der Waals surface area (Å²) in [6.07, 6.45) is 1.99. The summed E-state index contributed by atoms with van der Waals surface area (Å²) in [4.78, 5) is 2.32. The number of nitrogens with two attached hydrogens (primary N) is 1. The van der Waals surface area contributed by atoms with E-state index < -0.39 is 0 Å². The Kier molecular flexibility index (Phi) is 4.11. The highest BCUT2D eigenvalue weighted by molar-refractivity contribution is 5.51. The number of anilines is 1. The van der Waals surface area contributed by atoms with Crippen molar-refractivity contribution < 1.29 is 4.74 Å². The van der Waals surface area contributed by atoms with E-state index in [0.717, 1.165) is 12.8 Å². The highest BCUT2D eigenvalue weighted by Crippen LogP contribution is 2.48. The maximum atomic E-state index is 6.31. The third-order valence-corrected chi connectivity index (χ3v) is 5.08. The summed E-state index contributed by atoms with van der Waals surface area (Å²) in [6, 6.07) is 8.78. The Morgan fingerprint density at radius 2 is 1.71 bits per heavy atom. The molecule has 0 radical (unpaired) electrons. The first kappa shape index (κ1) is 16.3. The minimum Gasteiger partial charge on any atom is -0.367 e. The van der Waals surface area contributed by atoms with Gasteiger partial charge in [-0.3, -0.25) is 0 Å². The molecule has 1 heterocycles. The van der Waals surface area contributed by atoms with Crippen LogP contribution in [0.4, 0.5) is 5.69 Å². The van der Waals surface area contributed by atoms with Crippen LogP contribution in [0.3, 0.4) is 0 Å². The average molecular weight is 290 g/mol. The third kappa shape index (κ3) is 2.69. The molecule has 0 amide bonds. The van der Waals surface area contributed by atoms with Crippen LogP contribution < -0.4 is 10.6 Å². The predicted octanol–water partition coefficient (Wildman–Crippen LogP) is 3.36. The van der Waals surface area contributed by atoms with E-state index in [1.54, 1.807) is 0 Å². The maximum absolute atomic E-state index is 6.31. The maximum Gasteiger partial charge on any atom is 0.0877 e. The summed E-state index contributed by atoms with van der Waals surface area (Å²) in [6.45, 7) is 11.4. The molecule has 1 saturated heterocycles. The molecule has 2 rings (SSSR count). The molecule has 2 N–H and O–H groups in total. The fraction of sp³-hybridized carbons (Fsp3) is 0.667. The number of hydrogen-bond donors (Lipinski definition) is 1. The van der Waals surface area contributed by atoms with Crippen LogP contribution in [0.2, 0.25) is 0 Å². The second kappa shape index (κ2) is 5.29. The number of aryl methyl sites for hydroxylation is 1. The molecular formula is C18H30N2O. The Morgan fingerprint density at radius 1 is 1.14 bits per heavy atom. The van der Waals surface area contributed by atoms with Crippen molar-refractivity contribution in [2.45, 2.75) is 64.2 Å². The van der Waals surface area contributed by atoms with Crippen molar-refractivity contribution in [3.8, 4) is 0 Å². The van der Waals surface area contributed by atoms with Gasteiger partial charge in [0.05, 0.1) is 16.7 Å². The zero-order chi connectivity index (χ0) is 15.9. The van der Waals surface area contributed by atoms with Gasteiger partial charge in [0.15, 0.2) is 0 Å². The number of nitrogens with zero attached hydrogens (tertiary/aromatic N) is 1. The number of likely N-dealkylation sites (N-methyl/N-ethyl adjacent to an activating group) is 1. The van der Waals surface area contributed by atoms with Crippen LogP contribution >= 0.6 is 0 Å². The van der Waals surface area contributed by atoms with Gasteiger partial charge in [-0.05, 0) is 51.8 Å². The Hall–Kier alpha value is -1.06. The molecule has 0 spiro atoms. The molecule has 0 saturated carbocycles. The van der Waals surface area contributed by atoms with Gasteiger partial charge in [0, 0.05) is 25.7 Å². The molecule has 1 fully saturated rings. The molecule has 3 heteroatoms. The lowest BCUT2D eigenvalue weighted by Gasteiger charge is -2.47. The third-order valence-electron chi connectivity index (χ3n) is 5.08. The molecule has 3 nitrogen and oxygen atoms in total. The van der Waals surface area contributed by atoms with Crippen LogP contribution in [0.25, 0.3) is 0 Å². The first-order valence-corrected chi connectivity index (χ1v) is 7.90. The van der Waals surface area contributed by atoms with Gasteiger partial charge in [-0.25, -0.2) is 0 Å². The van der Waals surface area contributed by atoms with Crippen LogP contribution in [0.15, 0.2) is 24.3 Å². The Bertz CT molecular complexity index is 492. The quantitative estimate of drug-likeness (QED) is 0.924. The normalized spacial score (nSPS) is 26.8. The SMILES string of the molecule is CCc1ccc(N(C)C2(CN)CC(C)(C)OC2(C)C)cc1. The molecule has 1 aliphatic rings. The fourth-order valence-corrected chi connectivity index (χ4v) is 3.92. The molecular weight excluding hydrogens is 260 g/mol. The Balaban J connectivity index is 2.39. The second-order valence-corrected chi connectivity index (χ2v) is 7.36. The molecule has 1 aromatic rings. The van der Waals surface area contributed by atoms with Crippen molar-refractivity contribution in [3.63, 3.8) is 0 Å². The van der Waals surface area contributed by atoms with Crippen LogP contribution in [0, 0.1) is 0 Å². The lowest BCUT2D eigenvalue weighted by atomic mass is 9.77. The largest absolute Gasteiger partial charge is 0.367 e. The topological polar surface area (TPSA) is 38.5 Å². The summed E-state index contributed by atoms with van der Waals surface area (Å²) >= 11 is 0. The standard InChI is InChI=1S/C18H30N2O/c1-7-14-8-10-15(11-9-14)20(6)18(13-19)12-16(2,3)21-17(18,4)5/h8-11H,7,12-13,19H2,1-6H3. The zero-order valence-corrected chi connectivity index (χ0v) is 14.4. The average Bonchev–Trinajstić information content (AvgIpc) is 2.62. The first-order chi connectivity index (χ1) is 9.67. The van der Waals surface area contributed by atoms with E-state index in [1.807, 2.05) is 0 Å². The van der Waals surface area contributed by atoms with Gasteiger partial charge in [0.2, 0.25) is 0 Å². The zero-order valence-electron chi connectivity index (χ0n) is 14.4. The van der Waals surface area contributed by atoms with E-state index in [-0.39, 0.29) is 16.7 Å². The van der Waals surface area contributed by atoms with Gasteiger partial charge in [-0.2, -0.15) is 0 Å². The van der Waals surface area contributed by atoms with E-state index in [4.69, 9.17) is 10.5 Å². The molecule has 118 valence electrons. The van der Waals surface area contributed by atoms with E-state index in [9.17, 15) is 0 Å².